The molecule has 0 bridgehead atoms. The highest BCUT2D eigenvalue weighted by Crippen LogP contribution is 2.34. The minimum absolute atomic E-state index is 0.203. The number of benzene rings is 2. The van der Waals surface area contributed by atoms with Crippen molar-refractivity contribution in [3.05, 3.63) is 83.7 Å². The van der Waals surface area contributed by atoms with Crippen LogP contribution < -0.4 is 5.73 Å². The molecule has 0 aliphatic carbocycles. The smallest absolute Gasteiger partial charge is 0.328 e. The molecule has 0 atom stereocenters. The largest absolute Gasteiger partial charge is 0.434 e. The minimum Gasteiger partial charge on any atom is -0.328 e. The topological polar surface area (TPSA) is 64.2 Å². The van der Waals surface area contributed by atoms with Gasteiger partial charge in [0, 0.05) is 12.6 Å². The molecular formula is C23H24ClF3N4O. The van der Waals surface area contributed by atoms with Crippen molar-refractivity contribution in [2.24, 2.45) is 5.73 Å². The molecule has 2 heterocycles. The fraction of sp³-hybridized carbons (Fsp3) is 0.304. The van der Waals surface area contributed by atoms with Crippen LogP contribution in [0.1, 0.15) is 34.5 Å². The molecule has 0 radical (unpaired) electrons. The highest BCUT2D eigenvalue weighted by Gasteiger charge is 2.40. The lowest BCUT2D eigenvalue weighted by Crippen LogP contribution is -2.39. The molecular weight excluding hydrogens is 441 g/mol. The summed E-state index contributed by atoms with van der Waals surface area (Å²) in [6.45, 7) is 3.37. The van der Waals surface area contributed by atoms with E-state index in [4.69, 9.17) is 17.3 Å². The third kappa shape index (κ3) is 6.41. The van der Waals surface area contributed by atoms with Crippen LogP contribution in [0.3, 0.4) is 0 Å². The van der Waals surface area contributed by atoms with Gasteiger partial charge in [-0.05, 0) is 55.2 Å². The Morgan fingerprint density at radius 3 is 2.12 bits per heavy atom. The number of likely N-dealkylation sites (tertiary alicyclic amines) is 1. The first kappa shape index (κ1) is 24.0. The van der Waals surface area contributed by atoms with Gasteiger partial charge in [0.05, 0.1) is 17.4 Å². The average Bonchev–Trinajstić information content (AvgIpc) is 3.24. The van der Waals surface area contributed by atoms with Crippen LogP contribution in [-0.2, 0) is 12.7 Å². The summed E-state index contributed by atoms with van der Waals surface area (Å²) in [5, 5.41) is 2.38. The van der Waals surface area contributed by atoms with Crippen molar-refractivity contribution >= 4 is 16.8 Å². The number of carbonyl (C=O) groups is 1. The molecule has 2 N–H and O–H groups in total. The van der Waals surface area contributed by atoms with Crippen LogP contribution in [0.2, 0.25) is 0 Å². The van der Waals surface area contributed by atoms with Crippen molar-refractivity contribution in [2.45, 2.75) is 31.6 Å². The van der Waals surface area contributed by atoms with Gasteiger partial charge in [0.1, 0.15) is 0 Å². The summed E-state index contributed by atoms with van der Waals surface area (Å²) in [6, 6.07) is 18.8. The van der Waals surface area contributed by atoms with Crippen molar-refractivity contribution in [1.29, 1.82) is 0 Å². The van der Waals surface area contributed by atoms with Crippen molar-refractivity contribution in [3.63, 3.8) is 0 Å². The number of carbonyl (C=O) groups excluding carboxylic acids is 1. The Kier molecular flexibility index (Phi) is 8.06. The van der Waals surface area contributed by atoms with E-state index in [9.17, 15) is 18.0 Å². The Balaban J connectivity index is 0.000000186. The summed E-state index contributed by atoms with van der Waals surface area (Å²) in [7, 11) is 0. The lowest BCUT2D eigenvalue weighted by atomic mass is 10.1. The molecule has 170 valence electrons. The predicted octanol–water partition coefficient (Wildman–Crippen LogP) is 4.88. The second-order valence-corrected chi connectivity index (χ2v) is 7.87. The van der Waals surface area contributed by atoms with E-state index >= 15 is 0 Å². The standard InChI is InChI=1S/C12H18N2.C11H6ClF3N2O/c13-12-6-8-14(9-7-12)10-11-4-2-1-3-5-11;12-10(18)8-6-16-17(9(8)11(13,14)15)7-4-2-1-3-5-7/h1-5,12H,6-10,13H2;1-6H. The van der Waals surface area contributed by atoms with E-state index in [0.29, 0.717) is 10.7 Å². The number of nitrogens with two attached hydrogens (primary N) is 1. The maximum atomic E-state index is 12.9. The van der Waals surface area contributed by atoms with Gasteiger partial charge in [-0.3, -0.25) is 9.69 Å². The van der Waals surface area contributed by atoms with Crippen molar-refractivity contribution in [3.8, 4) is 5.69 Å². The van der Waals surface area contributed by atoms with Crippen molar-refractivity contribution < 1.29 is 18.0 Å². The molecule has 5 nitrogen and oxygen atoms in total. The maximum absolute atomic E-state index is 12.9. The number of halogens is 4. The molecule has 4 rings (SSSR count). The van der Waals surface area contributed by atoms with Gasteiger partial charge in [0.15, 0.2) is 5.69 Å². The third-order valence-corrected chi connectivity index (χ3v) is 5.34. The van der Waals surface area contributed by atoms with Crippen LogP contribution in [0, 0.1) is 0 Å². The Morgan fingerprint density at radius 1 is 1.03 bits per heavy atom. The molecule has 1 aliphatic heterocycles. The Bertz CT molecular complexity index is 1000. The van der Waals surface area contributed by atoms with Crippen LogP contribution in [0.5, 0.6) is 0 Å². The maximum Gasteiger partial charge on any atom is 0.434 e. The molecule has 1 saturated heterocycles. The van der Waals surface area contributed by atoms with E-state index in [1.807, 2.05) is 0 Å². The monoisotopic (exact) mass is 464 g/mol. The summed E-state index contributed by atoms with van der Waals surface area (Å²) in [4.78, 5) is 13.5. The zero-order valence-electron chi connectivity index (χ0n) is 17.3. The quantitative estimate of drug-likeness (QED) is 0.559. The number of para-hydroxylation sites is 1. The summed E-state index contributed by atoms with van der Waals surface area (Å²) in [5.41, 5.74) is 5.64. The first-order chi connectivity index (χ1) is 15.3. The third-order valence-electron chi connectivity index (χ3n) is 5.13. The first-order valence-electron chi connectivity index (χ1n) is 10.2. The van der Waals surface area contributed by atoms with Crippen molar-refractivity contribution in [1.82, 2.24) is 14.7 Å². The Labute approximate surface area is 189 Å². The SMILES string of the molecule is NC1CCN(Cc2ccccc2)CC1.O=C(Cl)c1cnn(-c2ccccc2)c1C(F)(F)F. The van der Waals surface area contributed by atoms with Gasteiger partial charge in [-0.15, -0.1) is 0 Å². The average molecular weight is 465 g/mol. The van der Waals surface area contributed by atoms with Crippen LogP contribution in [0.4, 0.5) is 13.2 Å². The molecule has 9 heteroatoms. The molecule has 2 aromatic carbocycles. The predicted molar refractivity (Wildman–Crippen MR) is 118 cm³/mol. The van der Waals surface area contributed by atoms with Gasteiger partial charge in [0.2, 0.25) is 0 Å². The van der Waals surface area contributed by atoms with Crippen LogP contribution >= 0.6 is 11.6 Å². The summed E-state index contributed by atoms with van der Waals surface area (Å²) in [6.07, 6.45) is -1.61. The molecule has 0 spiro atoms. The molecule has 1 fully saturated rings. The number of piperidine rings is 1. The fourth-order valence-electron chi connectivity index (χ4n) is 3.48. The van der Waals surface area contributed by atoms with Crippen LogP contribution in [0.25, 0.3) is 5.69 Å². The second kappa shape index (κ2) is 10.8. The van der Waals surface area contributed by atoms with Gasteiger partial charge in [-0.25, -0.2) is 4.68 Å². The first-order valence-corrected chi connectivity index (χ1v) is 10.6. The zero-order chi connectivity index (χ0) is 23.1. The Hall–Kier alpha value is -2.68. The van der Waals surface area contributed by atoms with Gasteiger partial charge in [-0.1, -0.05) is 48.5 Å². The van der Waals surface area contributed by atoms with Gasteiger partial charge in [0.25, 0.3) is 5.24 Å². The van der Waals surface area contributed by atoms with E-state index in [1.165, 1.54) is 17.7 Å². The highest BCUT2D eigenvalue weighted by molar-refractivity contribution is 6.67. The molecule has 1 aromatic heterocycles. The summed E-state index contributed by atoms with van der Waals surface area (Å²) < 4.78 is 39.4. The summed E-state index contributed by atoms with van der Waals surface area (Å²) in [5.74, 6) is 0. The zero-order valence-corrected chi connectivity index (χ0v) is 18.1. The van der Waals surface area contributed by atoms with E-state index in [-0.39, 0.29) is 5.69 Å². The highest BCUT2D eigenvalue weighted by atomic mass is 35.5. The fourth-order valence-corrected chi connectivity index (χ4v) is 3.62. The lowest BCUT2D eigenvalue weighted by Gasteiger charge is -2.29. The van der Waals surface area contributed by atoms with Gasteiger partial charge < -0.3 is 5.73 Å². The lowest BCUT2D eigenvalue weighted by molar-refractivity contribution is -0.143. The molecule has 1 aliphatic rings. The van der Waals surface area contributed by atoms with Gasteiger partial charge >= 0.3 is 6.18 Å². The van der Waals surface area contributed by atoms with Crippen LogP contribution in [-0.4, -0.2) is 39.1 Å². The van der Waals surface area contributed by atoms with E-state index in [0.717, 1.165) is 38.7 Å². The Morgan fingerprint density at radius 2 is 1.59 bits per heavy atom. The number of hydrogen-bond donors (Lipinski definition) is 1. The molecule has 0 amide bonds. The minimum atomic E-state index is -4.72. The summed E-state index contributed by atoms with van der Waals surface area (Å²) >= 11 is 5.12. The molecule has 3 aromatic rings. The second-order valence-electron chi connectivity index (χ2n) is 7.52. The number of rotatable bonds is 4. The normalized spacial score (nSPS) is 15.2. The molecule has 0 unspecified atom stereocenters. The molecule has 0 saturated carbocycles. The van der Waals surface area contributed by atoms with Crippen LogP contribution in [0.15, 0.2) is 66.9 Å². The van der Waals surface area contributed by atoms with E-state index in [2.05, 4.69) is 40.3 Å². The number of nitrogens with zero attached hydrogens (tertiary/aromatic N) is 3. The number of hydrogen-bond acceptors (Lipinski definition) is 4. The van der Waals surface area contributed by atoms with Gasteiger partial charge in [-0.2, -0.15) is 18.3 Å². The van der Waals surface area contributed by atoms with Crippen molar-refractivity contribution in [2.75, 3.05) is 13.1 Å². The number of alkyl halides is 3. The van der Waals surface area contributed by atoms with E-state index < -0.39 is 22.7 Å². The molecule has 32 heavy (non-hydrogen) atoms. The number of aromatic nitrogens is 2. The van der Waals surface area contributed by atoms with E-state index in [1.54, 1.807) is 18.2 Å².